The molecule has 22 heavy (non-hydrogen) atoms. The molecule has 120 valence electrons. The Hall–Kier alpha value is -0.873. The Morgan fingerprint density at radius 3 is 2.77 bits per heavy atom. The Bertz CT molecular complexity index is 595. The molecule has 1 aromatic heterocycles. The van der Waals surface area contributed by atoms with Gasteiger partial charge >= 0.3 is 0 Å². The molecule has 0 amide bonds. The standard InChI is InChI=1S/C18H28N2OSi/c1-22(2,3)7-6-21-12-20-11-19-17(18(20)13-4-5-13)16-9-14-8-15(14)10-16/h9,11,13-15H,4-8,10,12H2,1-3H3. The van der Waals surface area contributed by atoms with Gasteiger partial charge in [0, 0.05) is 20.6 Å². The van der Waals surface area contributed by atoms with E-state index in [-0.39, 0.29) is 0 Å². The van der Waals surface area contributed by atoms with Gasteiger partial charge in [0.2, 0.25) is 0 Å². The smallest absolute Gasteiger partial charge is 0.124 e. The summed E-state index contributed by atoms with van der Waals surface area (Å²) in [4.78, 5) is 4.77. The molecular weight excluding hydrogens is 288 g/mol. The van der Waals surface area contributed by atoms with Gasteiger partial charge in [-0.25, -0.2) is 4.98 Å². The first-order chi connectivity index (χ1) is 10.5. The molecule has 2 saturated carbocycles. The van der Waals surface area contributed by atoms with Crippen LogP contribution in [0.5, 0.6) is 0 Å². The Kier molecular flexibility index (Phi) is 3.57. The number of imidazole rings is 1. The normalized spacial score (nSPS) is 27.0. The van der Waals surface area contributed by atoms with E-state index in [4.69, 9.17) is 9.72 Å². The third kappa shape index (κ3) is 3.09. The van der Waals surface area contributed by atoms with Gasteiger partial charge in [0.15, 0.2) is 0 Å². The van der Waals surface area contributed by atoms with E-state index in [9.17, 15) is 0 Å². The van der Waals surface area contributed by atoms with Crippen molar-refractivity contribution in [1.82, 2.24) is 9.55 Å². The van der Waals surface area contributed by atoms with Crippen LogP contribution >= 0.6 is 0 Å². The van der Waals surface area contributed by atoms with Crippen molar-refractivity contribution in [2.45, 2.75) is 64.0 Å². The lowest BCUT2D eigenvalue weighted by Crippen LogP contribution is -2.22. The second kappa shape index (κ2) is 5.34. The molecule has 0 aliphatic heterocycles. The minimum Gasteiger partial charge on any atom is -0.361 e. The van der Waals surface area contributed by atoms with Gasteiger partial charge in [-0.05, 0) is 49.1 Å². The minimum atomic E-state index is -0.996. The van der Waals surface area contributed by atoms with Crippen molar-refractivity contribution in [3.63, 3.8) is 0 Å². The van der Waals surface area contributed by atoms with Crippen LogP contribution in [0.3, 0.4) is 0 Å². The largest absolute Gasteiger partial charge is 0.361 e. The first-order valence-electron chi connectivity index (χ1n) is 8.85. The molecular formula is C18H28N2OSi. The quantitative estimate of drug-likeness (QED) is 0.547. The van der Waals surface area contributed by atoms with E-state index in [0.29, 0.717) is 6.73 Å². The van der Waals surface area contributed by atoms with E-state index < -0.39 is 8.07 Å². The van der Waals surface area contributed by atoms with Crippen LogP contribution in [0.2, 0.25) is 25.7 Å². The highest BCUT2D eigenvalue weighted by molar-refractivity contribution is 6.76. The molecule has 2 fully saturated rings. The predicted molar refractivity (Wildman–Crippen MR) is 92.5 cm³/mol. The maximum atomic E-state index is 5.96. The average molecular weight is 317 g/mol. The van der Waals surface area contributed by atoms with Crippen molar-refractivity contribution in [3.05, 3.63) is 23.8 Å². The van der Waals surface area contributed by atoms with Crippen LogP contribution in [0.15, 0.2) is 12.4 Å². The van der Waals surface area contributed by atoms with Crippen LogP contribution in [-0.4, -0.2) is 24.2 Å². The molecule has 0 radical (unpaired) electrons. The van der Waals surface area contributed by atoms with Crippen LogP contribution in [-0.2, 0) is 11.5 Å². The average Bonchev–Trinajstić information content (AvgIpc) is 3.35. The molecule has 2 atom stereocenters. The van der Waals surface area contributed by atoms with Crippen LogP contribution in [0.4, 0.5) is 0 Å². The maximum absolute atomic E-state index is 5.96. The number of rotatable bonds is 7. The van der Waals surface area contributed by atoms with Crippen LogP contribution in [0.1, 0.15) is 43.0 Å². The summed E-state index contributed by atoms with van der Waals surface area (Å²) in [5.41, 5.74) is 4.27. The molecule has 0 bridgehead atoms. The molecule has 0 spiro atoms. The number of hydrogen-bond donors (Lipinski definition) is 0. The molecule has 3 nitrogen and oxygen atoms in total. The van der Waals surface area contributed by atoms with E-state index in [2.05, 4.69) is 30.3 Å². The van der Waals surface area contributed by atoms with Gasteiger partial charge in [0.25, 0.3) is 0 Å². The summed E-state index contributed by atoms with van der Waals surface area (Å²) in [5.74, 6) is 2.55. The summed E-state index contributed by atoms with van der Waals surface area (Å²) in [6.45, 7) is 8.78. The van der Waals surface area contributed by atoms with Gasteiger partial charge in [-0.1, -0.05) is 25.7 Å². The third-order valence-electron chi connectivity index (χ3n) is 5.25. The van der Waals surface area contributed by atoms with Gasteiger partial charge in [-0.3, -0.25) is 0 Å². The zero-order valence-corrected chi connectivity index (χ0v) is 15.1. The summed E-state index contributed by atoms with van der Waals surface area (Å²) < 4.78 is 8.24. The summed E-state index contributed by atoms with van der Waals surface area (Å²) in [7, 11) is -0.996. The highest BCUT2D eigenvalue weighted by atomic mass is 28.3. The first kappa shape index (κ1) is 14.7. The lowest BCUT2D eigenvalue weighted by molar-refractivity contribution is 0.0853. The second-order valence-electron chi connectivity index (χ2n) is 8.63. The van der Waals surface area contributed by atoms with E-state index in [1.165, 1.54) is 48.7 Å². The first-order valence-corrected chi connectivity index (χ1v) is 12.6. The number of fused-ring (bicyclic) bond motifs is 1. The highest BCUT2D eigenvalue weighted by Gasteiger charge is 2.42. The van der Waals surface area contributed by atoms with Crippen molar-refractivity contribution < 1.29 is 4.74 Å². The lowest BCUT2D eigenvalue weighted by atomic mass is 10.1. The van der Waals surface area contributed by atoms with E-state index in [0.717, 1.165) is 24.4 Å². The van der Waals surface area contributed by atoms with Gasteiger partial charge in [-0.2, -0.15) is 0 Å². The Morgan fingerprint density at radius 1 is 1.32 bits per heavy atom. The molecule has 2 unspecified atom stereocenters. The summed E-state index contributed by atoms with van der Waals surface area (Å²) in [5, 5.41) is 0. The van der Waals surface area contributed by atoms with E-state index in [1.54, 1.807) is 0 Å². The van der Waals surface area contributed by atoms with Crippen molar-refractivity contribution in [3.8, 4) is 0 Å². The van der Waals surface area contributed by atoms with Crippen LogP contribution < -0.4 is 0 Å². The maximum Gasteiger partial charge on any atom is 0.124 e. The van der Waals surface area contributed by atoms with E-state index in [1.807, 2.05) is 6.33 Å². The van der Waals surface area contributed by atoms with Crippen molar-refractivity contribution >= 4 is 13.6 Å². The predicted octanol–water partition coefficient (Wildman–Crippen LogP) is 4.50. The molecule has 0 saturated heterocycles. The van der Waals surface area contributed by atoms with Crippen molar-refractivity contribution in [2.24, 2.45) is 11.8 Å². The fraction of sp³-hybridized carbons (Fsp3) is 0.722. The second-order valence-corrected chi connectivity index (χ2v) is 14.2. The van der Waals surface area contributed by atoms with Crippen molar-refractivity contribution in [1.29, 1.82) is 0 Å². The van der Waals surface area contributed by atoms with Gasteiger partial charge in [-0.15, -0.1) is 0 Å². The van der Waals surface area contributed by atoms with Gasteiger partial charge in [0.1, 0.15) is 6.73 Å². The third-order valence-corrected chi connectivity index (χ3v) is 6.95. The minimum absolute atomic E-state index is 0.684. The fourth-order valence-electron chi connectivity index (χ4n) is 3.56. The van der Waals surface area contributed by atoms with Crippen LogP contribution in [0, 0.1) is 11.8 Å². The van der Waals surface area contributed by atoms with Gasteiger partial charge < -0.3 is 9.30 Å². The molecule has 4 heteroatoms. The summed E-state index contributed by atoms with van der Waals surface area (Å²) >= 11 is 0. The van der Waals surface area contributed by atoms with Crippen molar-refractivity contribution in [2.75, 3.05) is 6.61 Å². The van der Waals surface area contributed by atoms with E-state index >= 15 is 0 Å². The highest BCUT2D eigenvalue weighted by Crippen LogP contribution is 2.54. The molecule has 0 aromatic carbocycles. The number of aromatic nitrogens is 2. The lowest BCUT2D eigenvalue weighted by Gasteiger charge is -2.16. The van der Waals surface area contributed by atoms with Gasteiger partial charge in [0.05, 0.1) is 17.7 Å². The number of hydrogen-bond acceptors (Lipinski definition) is 2. The SMILES string of the molecule is C[Si](C)(C)CCOCn1cnc(C2=CC3CC3C2)c1C1CC1. The monoisotopic (exact) mass is 316 g/mol. The number of ether oxygens (including phenoxy) is 1. The zero-order valence-electron chi connectivity index (χ0n) is 14.1. The molecule has 1 heterocycles. The number of nitrogens with zero attached hydrogens (tertiary/aromatic N) is 2. The molecule has 4 rings (SSSR count). The zero-order chi connectivity index (χ0) is 15.3. The topological polar surface area (TPSA) is 27.1 Å². The summed E-state index contributed by atoms with van der Waals surface area (Å²) in [6.07, 6.45) is 9.85. The molecule has 0 N–H and O–H groups in total. The number of allylic oxidation sites excluding steroid dienone is 2. The van der Waals surface area contributed by atoms with Crippen LogP contribution in [0.25, 0.3) is 5.57 Å². The Balaban J connectivity index is 1.44. The Labute approximate surface area is 134 Å². The summed E-state index contributed by atoms with van der Waals surface area (Å²) in [6, 6.07) is 1.24. The molecule has 3 aliphatic carbocycles. The molecule has 1 aromatic rings. The Morgan fingerprint density at radius 2 is 2.14 bits per heavy atom. The fourth-order valence-corrected chi connectivity index (χ4v) is 4.32. The molecule has 3 aliphatic rings.